The van der Waals surface area contributed by atoms with Crippen LogP contribution >= 0.6 is 12.0 Å². The van der Waals surface area contributed by atoms with Gasteiger partial charge >= 0.3 is 0 Å². The van der Waals surface area contributed by atoms with Crippen LogP contribution in [0.2, 0.25) is 0 Å². The Hall–Kier alpha value is 0.256. The van der Waals surface area contributed by atoms with Crippen molar-refractivity contribution in [2.45, 2.75) is 14.7 Å². The van der Waals surface area contributed by atoms with Crippen molar-refractivity contribution in [1.29, 1.82) is 0 Å². The van der Waals surface area contributed by atoms with Gasteiger partial charge in [0.15, 0.2) is 0 Å². The summed E-state index contributed by atoms with van der Waals surface area (Å²) in [5.41, 5.74) is 0. The molecule has 0 heterocycles. The molecule has 0 aliphatic heterocycles. The zero-order valence-corrected chi connectivity index (χ0v) is 15.3. The largest absolute Gasteiger partial charge is 0.220 e. The molecule has 0 unspecified atom stereocenters. The molecule has 0 saturated carbocycles. The first-order chi connectivity index (χ1) is 9.14. The number of hydrogen-bond donors (Lipinski definition) is 1. The van der Waals surface area contributed by atoms with Crippen molar-refractivity contribution in [3.05, 3.63) is 54.6 Å². The molecule has 2 aromatic carbocycles. The normalized spacial score (nSPS) is 10.8. The molecule has 2 aromatic rings. The smallest absolute Gasteiger partial charge is 0.206 e. The fraction of sp³-hybridized carbons (Fsp3) is 0. The molecule has 20 heavy (non-hydrogen) atoms. The van der Waals surface area contributed by atoms with Crippen LogP contribution in [0, 0.1) is 0 Å². The Morgan fingerprint density at radius 3 is 2.25 bits per heavy atom. The second kappa shape index (κ2) is 8.64. The standard InChI is InChI=1S/C12H10O5S2.K/c13-16-17-18-10-5-4-8-12(9-10)19(14,15)11-6-2-1-3-7-11;/h1-9,13H;. The summed E-state index contributed by atoms with van der Waals surface area (Å²) in [5.74, 6) is 0. The maximum atomic E-state index is 12.3. The molecular formula is C12H10KO5S2. The third-order valence-corrected chi connectivity index (χ3v) is 4.67. The van der Waals surface area contributed by atoms with Crippen molar-refractivity contribution in [1.82, 2.24) is 0 Å². The third-order valence-electron chi connectivity index (χ3n) is 2.33. The van der Waals surface area contributed by atoms with E-state index in [0.717, 1.165) is 0 Å². The summed E-state index contributed by atoms with van der Waals surface area (Å²) in [6, 6.07) is 14.3. The average Bonchev–Trinajstić information content (AvgIpc) is 2.46. The van der Waals surface area contributed by atoms with Crippen LogP contribution in [-0.4, -0.2) is 65.1 Å². The summed E-state index contributed by atoms with van der Waals surface area (Å²) in [6.45, 7) is 0. The van der Waals surface area contributed by atoms with Crippen molar-refractivity contribution in [3.8, 4) is 0 Å². The van der Waals surface area contributed by atoms with Gasteiger partial charge in [0.25, 0.3) is 0 Å². The van der Waals surface area contributed by atoms with Crippen LogP contribution in [0.3, 0.4) is 0 Å². The van der Waals surface area contributed by atoms with E-state index in [2.05, 4.69) is 9.37 Å². The molecule has 0 amide bonds. The van der Waals surface area contributed by atoms with Crippen LogP contribution in [-0.2, 0) is 19.2 Å². The Labute approximate surface area is 163 Å². The zero-order chi connectivity index (χ0) is 13.7. The first-order valence-corrected chi connectivity index (χ1v) is 7.42. The van der Waals surface area contributed by atoms with Crippen LogP contribution < -0.4 is 0 Å². The van der Waals surface area contributed by atoms with Crippen molar-refractivity contribution in [2.75, 3.05) is 0 Å². The monoisotopic (exact) mass is 337 g/mol. The zero-order valence-electron chi connectivity index (χ0n) is 10.6. The van der Waals surface area contributed by atoms with Gasteiger partial charge in [-0.25, -0.2) is 13.7 Å². The van der Waals surface area contributed by atoms with E-state index in [1.54, 1.807) is 30.3 Å². The molecule has 0 aromatic heterocycles. The maximum Gasteiger partial charge on any atom is 0.206 e. The average molecular weight is 337 g/mol. The number of benzene rings is 2. The Bertz CT molecular complexity index is 646. The molecule has 0 bridgehead atoms. The molecule has 8 heteroatoms. The Morgan fingerprint density at radius 1 is 0.950 bits per heavy atom. The molecule has 2 rings (SSSR count). The summed E-state index contributed by atoms with van der Waals surface area (Å²) >= 11 is 0.709. The van der Waals surface area contributed by atoms with Crippen LogP contribution in [0.25, 0.3) is 0 Å². The van der Waals surface area contributed by atoms with Crippen LogP contribution in [0.5, 0.6) is 0 Å². The summed E-state index contributed by atoms with van der Waals surface area (Å²) in [6.07, 6.45) is 0. The van der Waals surface area contributed by atoms with Crippen molar-refractivity contribution >= 4 is 73.3 Å². The molecular weight excluding hydrogens is 327 g/mol. The van der Waals surface area contributed by atoms with Crippen molar-refractivity contribution in [3.63, 3.8) is 0 Å². The van der Waals surface area contributed by atoms with Gasteiger partial charge in [0.1, 0.15) is 0 Å². The van der Waals surface area contributed by atoms with Crippen molar-refractivity contribution < 1.29 is 23.0 Å². The number of rotatable bonds is 5. The molecule has 1 radical (unpaired) electrons. The second-order valence-electron chi connectivity index (χ2n) is 3.52. The van der Waals surface area contributed by atoms with E-state index in [4.69, 9.17) is 5.26 Å². The molecule has 0 atom stereocenters. The Balaban J connectivity index is 0.00000200. The van der Waals surface area contributed by atoms with Gasteiger partial charge in [-0.15, -0.1) is 4.33 Å². The van der Waals surface area contributed by atoms with Gasteiger partial charge in [-0.3, -0.25) is 0 Å². The van der Waals surface area contributed by atoms with E-state index in [1.807, 2.05) is 0 Å². The number of sulfone groups is 1. The van der Waals surface area contributed by atoms with E-state index in [0.29, 0.717) is 16.9 Å². The minimum absolute atomic E-state index is 0. The van der Waals surface area contributed by atoms with E-state index < -0.39 is 9.84 Å². The minimum atomic E-state index is -3.56. The summed E-state index contributed by atoms with van der Waals surface area (Å²) in [4.78, 5) is 0.854. The Morgan fingerprint density at radius 2 is 1.60 bits per heavy atom. The van der Waals surface area contributed by atoms with E-state index in [9.17, 15) is 8.42 Å². The van der Waals surface area contributed by atoms with E-state index >= 15 is 0 Å². The molecule has 5 nitrogen and oxygen atoms in total. The molecule has 0 fully saturated rings. The van der Waals surface area contributed by atoms with E-state index in [1.165, 1.54) is 24.3 Å². The van der Waals surface area contributed by atoms with Gasteiger partial charge in [-0.1, -0.05) is 29.3 Å². The van der Waals surface area contributed by atoms with Gasteiger partial charge in [0, 0.05) is 56.3 Å². The quantitative estimate of drug-likeness (QED) is 0.391. The summed E-state index contributed by atoms with van der Waals surface area (Å²) in [7, 11) is -3.56. The second-order valence-corrected chi connectivity index (χ2v) is 6.24. The number of hydrogen-bond acceptors (Lipinski definition) is 6. The first-order valence-electron chi connectivity index (χ1n) is 5.19. The van der Waals surface area contributed by atoms with Gasteiger partial charge < -0.3 is 0 Å². The predicted molar refractivity (Wildman–Crippen MR) is 74.7 cm³/mol. The van der Waals surface area contributed by atoms with Gasteiger partial charge in [0.2, 0.25) is 9.84 Å². The summed E-state index contributed by atoms with van der Waals surface area (Å²) in [5, 5.41) is 11.5. The topological polar surface area (TPSA) is 72.8 Å². The molecule has 101 valence electrons. The fourth-order valence-corrected chi connectivity index (χ4v) is 3.30. The van der Waals surface area contributed by atoms with Crippen LogP contribution in [0.15, 0.2) is 69.3 Å². The van der Waals surface area contributed by atoms with Crippen molar-refractivity contribution in [2.24, 2.45) is 0 Å². The molecule has 0 aliphatic carbocycles. The molecule has 0 spiro atoms. The Kier molecular flexibility index (Phi) is 7.91. The van der Waals surface area contributed by atoms with Gasteiger partial charge in [0.05, 0.1) is 21.8 Å². The first kappa shape index (κ1) is 18.3. The molecule has 0 aliphatic rings. The van der Waals surface area contributed by atoms with Crippen LogP contribution in [0.1, 0.15) is 0 Å². The molecule has 1 N–H and O–H groups in total. The predicted octanol–water partition coefficient (Wildman–Crippen LogP) is 2.57. The molecule has 0 saturated heterocycles. The fourth-order valence-electron chi connectivity index (χ4n) is 1.48. The minimum Gasteiger partial charge on any atom is -0.220 e. The van der Waals surface area contributed by atoms with Crippen LogP contribution in [0.4, 0.5) is 0 Å². The maximum absolute atomic E-state index is 12.3. The third kappa shape index (κ3) is 4.63. The van der Waals surface area contributed by atoms with Gasteiger partial charge in [-0.05, 0) is 30.3 Å². The summed E-state index contributed by atoms with van der Waals surface area (Å²) < 4.78 is 28.9. The SMILES string of the molecule is O=S(=O)(c1ccccc1)c1cccc(SOOO)c1.[K]. The van der Waals surface area contributed by atoms with Gasteiger partial charge in [-0.2, -0.15) is 0 Å². The van der Waals surface area contributed by atoms with E-state index in [-0.39, 0.29) is 61.2 Å².